The highest BCUT2D eigenvalue weighted by atomic mass is 79.9. The van der Waals surface area contributed by atoms with Crippen molar-refractivity contribution in [1.82, 2.24) is 9.97 Å². The molecule has 0 aliphatic heterocycles. The fourth-order valence-corrected chi connectivity index (χ4v) is 1.49. The molecule has 0 spiro atoms. The van der Waals surface area contributed by atoms with Gasteiger partial charge in [0.15, 0.2) is 11.5 Å². The predicted octanol–water partition coefficient (Wildman–Crippen LogP) is 2.05. The summed E-state index contributed by atoms with van der Waals surface area (Å²) in [5, 5.41) is 0. The fourth-order valence-electron chi connectivity index (χ4n) is 0.716. The SMILES string of the molecule is C[Si-](C)(C)C#Cc1nc(Br)cnc1N. The van der Waals surface area contributed by atoms with Gasteiger partial charge in [-0.1, -0.05) is 14.0 Å². The van der Waals surface area contributed by atoms with E-state index in [2.05, 4.69) is 57.0 Å². The van der Waals surface area contributed by atoms with Crippen molar-refractivity contribution >= 4 is 29.8 Å². The molecule has 0 aliphatic rings. The zero-order valence-corrected chi connectivity index (χ0v) is 11.0. The van der Waals surface area contributed by atoms with Crippen LogP contribution in [0.15, 0.2) is 10.8 Å². The molecular weight excluding hydrogens is 258 g/mol. The van der Waals surface area contributed by atoms with Crippen LogP contribution in [0.2, 0.25) is 19.6 Å². The van der Waals surface area contributed by atoms with Crippen LogP contribution in [-0.4, -0.2) is 18.0 Å². The second-order valence-electron chi connectivity index (χ2n) is 3.93. The fraction of sp³-hybridized carbons (Fsp3) is 0.333. The van der Waals surface area contributed by atoms with Crippen molar-refractivity contribution in [3.63, 3.8) is 0 Å². The molecule has 0 radical (unpaired) electrons. The van der Waals surface area contributed by atoms with E-state index in [-0.39, 0.29) is 0 Å². The molecule has 0 unspecified atom stereocenters. The van der Waals surface area contributed by atoms with Gasteiger partial charge in [-0.2, -0.15) is 19.6 Å². The maximum atomic E-state index is 5.64. The number of nitrogens with two attached hydrogens (primary N) is 1. The summed E-state index contributed by atoms with van der Waals surface area (Å²) in [6, 6.07) is 0. The summed E-state index contributed by atoms with van der Waals surface area (Å²) in [7, 11) is -1.38. The molecule has 1 heterocycles. The van der Waals surface area contributed by atoms with Gasteiger partial charge < -0.3 is 5.73 Å². The van der Waals surface area contributed by atoms with Crippen LogP contribution >= 0.6 is 15.9 Å². The molecule has 0 bridgehead atoms. The molecule has 3 nitrogen and oxygen atoms in total. The van der Waals surface area contributed by atoms with Crippen LogP contribution in [0.4, 0.5) is 5.82 Å². The Balaban J connectivity index is 3.06. The van der Waals surface area contributed by atoms with E-state index in [0.29, 0.717) is 16.1 Å². The van der Waals surface area contributed by atoms with Gasteiger partial charge in [-0.25, -0.2) is 9.97 Å². The van der Waals surface area contributed by atoms with Gasteiger partial charge in [0.25, 0.3) is 0 Å². The monoisotopic (exact) mass is 269 g/mol. The number of halogens is 1. The van der Waals surface area contributed by atoms with E-state index < -0.39 is 8.07 Å². The van der Waals surface area contributed by atoms with Gasteiger partial charge >= 0.3 is 0 Å². The van der Waals surface area contributed by atoms with Crippen LogP contribution in [0, 0.1) is 11.5 Å². The molecule has 0 atom stereocenters. The summed E-state index contributed by atoms with van der Waals surface area (Å²) in [4.78, 5) is 8.11. The van der Waals surface area contributed by atoms with Crippen LogP contribution in [0.3, 0.4) is 0 Å². The molecule has 0 saturated heterocycles. The lowest BCUT2D eigenvalue weighted by molar-refractivity contribution is 1.15. The van der Waals surface area contributed by atoms with Crippen molar-refractivity contribution < 1.29 is 0 Å². The molecule has 14 heavy (non-hydrogen) atoms. The Hall–Kier alpha value is -0.863. The van der Waals surface area contributed by atoms with Crippen LogP contribution in [0.5, 0.6) is 0 Å². The lowest BCUT2D eigenvalue weighted by Crippen LogP contribution is -2.16. The standard InChI is InChI=1S/C9H12BrN3Si/c1-14(2,3)5-4-7-9(11)12-6-8(10)13-7/h6H,1-3H3,(H2,11,12)/q-1. The van der Waals surface area contributed by atoms with Crippen LogP contribution < -0.4 is 5.73 Å². The van der Waals surface area contributed by atoms with E-state index in [0.717, 1.165) is 0 Å². The molecule has 0 aromatic carbocycles. The highest BCUT2D eigenvalue weighted by Gasteiger charge is 1.99. The number of aromatic nitrogens is 2. The molecule has 1 rings (SSSR count). The molecule has 1 aromatic heterocycles. The zero-order chi connectivity index (χ0) is 10.8. The Morgan fingerprint density at radius 2 is 2.07 bits per heavy atom. The van der Waals surface area contributed by atoms with E-state index >= 15 is 0 Å². The van der Waals surface area contributed by atoms with Crippen molar-refractivity contribution in [2.45, 2.75) is 19.6 Å². The number of hydrogen-bond donors (Lipinski definition) is 1. The van der Waals surface area contributed by atoms with Gasteiger partial charge in [-0.3, -0.25) is 5.54 Å². The Morgan fingerprint density at radius 1 is 1.43 bits per heavy atom. The maximum absolute atomic E-state index is 5.64. The second-order valence-corrected chi connectivity index (χ2v) is 9.49. The third kappa shape index (κ3) is 3.48. The van der Waals surface area contributed by atoms with Crippen molar-refractivity contribution in [1.29, 1.82) is 0 Å². The molecule has 5 heteroatoms. The molecule has 0 amide bonds. The van der Waals surface area contributed by atoms with Crippen LogP contribution in [0.1, 0.15) is 5.69 Å². The molecule has 0 saturated carbocycles. The Kier molecular flexibility index (Phi) is 3.29. The van der Waals surface area contributed by atoms with Gasteiger partial charge in [0.2, 0.25) is 0 Å². The van der Waals surface area contributed by atoms with E-state index in [4.69, 9.17) is 5.73 Å². The summed E-state index contributed by atoms with van der Waals surface area (Å²) < 4.78 is 0.659. The minimum atomic E-state index is -1.38. The number of hydrogen-bond acceptors (Lipinski definition) is 3. The summed E-state index contributed by atoms with van der Waals surface area (Å²) in [5.41, 5.74) is 9.39. The molecular formula is C9H12BrN3Si-. The Morgan fingerprint density at radius 3 is 2.64 bits per heavy atom. The summed E-state index contributed by atoms with van der Waals surface area (Å²) in [6.45, 7) is 6.50. The van der Waals surface area contributed by atoms with Crippen LogP contribution in [-0.2, 0) is 0 Å². The summed E-state index contributed by atoms with van der Waals surface area (Å²) in [5.74, 6) is 3.36. The quantitative estimate of drug-likeness (QED) is 0.580. The Labute approximate surface area is 93.3 Å². The van der Waals surface area contributed by atoms with Gasteiger partial charge in [-0.15, -0.1) is 0 Å². The molecule has 1 aromatic rings. The van der Waals surface area contributed by atoms with E-state index in [1.165, 1.54) is 0 Å². The minimum absolute atomic E-state index is 0.388. The first kappa shape index (κ1) is 11.2. The highest BCUT2D eigenvalue weighted by Crippen LogP contribution is 2.09. The first-order valence-corrected chi connectivity index (χ1v) is 8.49. The topological polar surface area (TPSA) is 51.8 Å². The van der Waals surface area contributed by atoms with E-state index in [1.807, 2.05) is 0 Å². The summed E-state index contributed by atoms with van der Waals surface area (Å²) in [6.07, 6.45) is 1.56. The van der Waals surface area contributed by atoms with Gasteiger partial charge in [0, 0.05) is 0 Å². The first-order valence-electron chi connectivity index (χ1n) is 4.20. The number of rotatable bonds is 0. The second kappa shape index (κ2) is 4.11. The third-order valence-corrected chi connectivity index (χ3v) is 2.58. The molecule has 2 N–H and O–H groups in total. The summed E-state index contributed by atoms with van der Waals surface area (Å²) >= 11 is 3.23. The molecule has 75 valence electrons. The lowest BCUT2D eigenvalue weighted by atomic mass is 10.4. The largest absolute Gasteiger partial charge is 0.381 e. The van der Waals surface area contributed by atoms with Crippen molar-refractivity contribution in [2.75, 3.05) is 5.73 Å². The van der Waals surface area contributed by atoms with E-state index in [9.17, 15) is 0 Å². The normalized spacial score (nSPS) is 10.6. The predicted molar refractivity (Wildman–Crippen MR) is 64.4 cm³/mol. The number of anilines is 1. The number of nitrogens with zero attached hydrogens (tertiary/aromatic N) is 2. The van der Waals surface area contributed by atoms with Crippen molar-refractivity contribution in [3.8, 4) is 11.5 Å². The lowest BCUT2D eigenvalue weighted by Gasteiger charge is -2.17. The van der Waals surface area contributed by atoms with Gasteiger partial charge in [-0.05, 0) is 15.9 Å². The first-order chi connectivity index (χ1) is 6.38. The van der Waals surface area contributed by atoms with Gasteiger partial charge in [0.1, 0.15) is 4.60 Å². The van der Waals surface area contributed by atoms with E-state index in [1.54, 1.807) is 6.20 Å². The van der Waals surface area contributed by atoms with Gasteiger partial charge in [0.05, 0.1) is 6.20 Å². The Bertz CT molecular complexity index is 401. The maximum Gasteiger partial charge on any atom is 0.158 e. The average Bonchev–Trinajstić information content (AvgIpc) is 2.05. The molecule has 0 aliphatic carbocycles. The minimum Gasteiger partial charge on any atom is -0.381 e. The highest BCUT2D eigenvalue weighted by molar-refractivity contribution is 9.10. The third-order valence-electron chi connectivity index (χ3n) is 1.33. The molecule has 0 fully saturated rings. The van der Waals surface area contributed by atoms with Crippen molar-refractivity contribution in [3.05, 3.63) is 16.5 Å². The van der Waals surface area contributed by atoms with Crippen LogP contribution in [0.25, 0.3) is 0 Å². The average molecular weight is 270 g/mol. The van der Waals surface area contributed by atoms with Crippen molar-refractivity contribution in [2.24, 2.45) is 0 Å². The smallest absolute Gasteiger partial charge is 0.158 e. The number of nitrogen functional groups attached to an aromatic ring is 1. The zero-order valence-electron chi connectivity index (χ0n) is 8.43.